The first-order chi connectivity index (χ1) is 16.2. The Morgan fingerprint density at radius 2 is 2.03 bits per heavy atom. The molecule has 0 spiro atoms. The Labute approximate surface area is 201 Å². The molecule has 0 radical (unpaired) electrons. The van der Waals surface area contributed by atoms with Crippen LogP contribution in [0, 0.1) is 17.0 Å². The summed E-state index contributed by atoms with van der Waals surface area (Å²) in [5, 5.41) is 8.54. The van der Waals surface area contributed by atoms with E-state index in [0.29, 0.717) is 34.0 Å². The van der Waals surface area contributed by atoms with E-state index in [1.807, 2.05) is 0 Å². The van der Waals surface area contributed by atoms with Gasteiger partial charge in [0.2, 0.25) is 0 Å². The van der Waals surface area contributed by atoms with Crippen molar-refractivity contribution in [2.75, 3.05) is 19.7 Å². The third-order valence-corrected chi connectivity index (χ3v) is 5.62. The molecular weight excluding hydrogens is 464 g/mol. The van der Waals surface area contributed by atoms with E-state index in [1.165, 1.54) is 35.5 Å². The van der Waals surface area contributed by atoms with Gasteiger partial charge in [-0.2, -0.15) is 0 Å². The van der Waals surface area contributed by atoms with Gasteiger partial charge in [-0.25, -0.2) is 8.78 Å². The minimum atomic E-state index is -0.557. The zero-order chi connectivity index (χ0) is 24.8. The Kier molecular flexibility index (Phi) is 8.12. The zero-order valence-electron chi connectivity index (χ0n) is 18.7. The lowest BCUT2D eigenvalue weighted by molar-refractivity contribution is 0.0799. The number of ether oxygens (including phenoxy) is 1. The van der Waals surface area contributed by atoms with Crippen molar-refractivity contribution in [1.29, 1.82) is 5.41 Å². The summed E-state index contributed by atoms with van der Waals surface area (Å²) in [4.78, 5) is 22.6. The van der Waals surface area contributed by atoms with E-state index in [2.05, 4.69) is 9.98 Å². The molecule has 0 unspecified atom stereocenters. The molecule has 2 aromatic rings. The lowest BCUT2D eigenvalue weighted by Gasteiger charge is -2.17. The number of hydrogen-bond acceptors (Lipinski definition) is 6. The van der Waals surface area contributed by atoms with Crippen LogP contribution in [0.2, 0.25) is 0 Å². The number of nitrogens with one attached hydrogen (secondary N) is 1. The highest BCUT2D eigenvalue weighted by Crippen LogP contribution is 2.25. The number of benzene rings is 1. The number of aromatic nitrogens is 1. The minimum absolute atomic E-state index is 0.0718. The topological polar surface area (TPSA) is 105 Å². The van der Waals surface area contributed by atoms with Crippen molar-refractivity contribution in [3.05, 3.63) is 81.9 Å². The molecule has 3 rings (SSSR count). The Hall–Kier alpha value is -3.59. The van der Waals surface area contributed by atoms with Crippen LogP contribution >= 0.6 is 11.6 Å². The molecule has 10 heteroatoms. The maximum atomic E-state index is 13.9. The van der Waals surface area contributed by atoms with Crippen LogP contribution in [0.1, 0.15) is 29.8 Å². The summed E-state index contributed by atoms with van der Waals surface area (Å²) in [6.45, 7) is 3.68. The number of amides is 1. The van der Waals surface area contributed by atoms with E-state index >= 15 is 0 Å². The predicted octanol–water partition coefficient (Wildman–Crippen LogP) is 4.23. The Balaban J connectivity index is 1.73. The van der Waals surface area contributed by atoms with Gasteiger partial charge in [0.05, 0.1) is 41.4 Å². The summed E-state index contributed by atoms with van der Waals surface area (Å²) in [6, 6.07) is 4.98. The number of carbonyl (C=O) groups excluding carboxylic acids is 1. The lowest BCUT2D eigenvalue weighted by Crippen LogP contribution is -2.29. The fraction of sp³-hybridized carbons (Fsp3) is 0.250. The number of hydrogen-bond donors (Lipinski definition) is 2. The number of carbonyl (C=O) groups is 1. The second kappa shape index (κ2) is 11.0. The van der Waals surface area contributed by atoms with Gasteiger partial charge in [0, 0.05) is 42.7 Å². The van der Waals surface area contributed by atoms with Crippen molar-refractivity contribution >= 4 is 28.9 Å². The van der Waals surface area contributed by atoms with Crippen LogP contribution in [0.3, 0.4) is 0 Å². The average molecular weight is 488 g/mol. The second-order valence-electron chi connectivity index (χ2n) is 7.76. The molecule has 0 aliphatic carbocycles. The van der Waals surface area contributed by atoms with Crippen molar-refractivity contribution < 1.29 is 18.3 Å². The third kappa shape index (κ3) is 6.26. The van der Waals surface area contributed by atoms with E-state index in [-0.39, 0.29) is 36.7 Å². The first-order valence-corrected chi connectivity index (χ1v) is 10.8. The first-order valence-electron chi connectivity index (χ1n) is 10.4. The molecule has 1 amide bonds. The van der Waals surface area contributed by atoms with Crippen LogP contribution in [0.25, 0.3) is 0 Å². The molecule has 1 aliphatic heterocycles. The van der Waals surface area contributed by atoms with Gasteiger partial charge < -0.3 is 20.8 Å². The molecule has 1 aliphatic rings. The highest BCUT2D eigenvalue weighted by Gasteiger charge is 2.29. The summed E-state index contributed by atoms with van der Waals surface area (Å²) >= 11 is 6.08. The van der Waals surface area contributed by atoms with Crippen LogP contribution < -0.4 is 10.5 Å². The number of nitrogens with two attached hydrogens (primary N) is 1. The number of halogens is 3. The second-order valence-corrected chi connectivity index (χ2v) is 8.13. The van der Waals surface area contributed by atoms with Crippen LogP contribution in [0.15, 0.2) is 64.2 Å². The molecule has 1 saturated heterocycles. The van der Waals surface area contributed by atoms with Gasteiger partial charge in [-0.1, -0.05) is 11.6 Å². The zero-order valence-corrected chi connectivity index (χ0v) is 19.5. The van der Waals surface area contributed by atoms with Crippen LogP contribution in [0.4, 0.5) is 8.78 Å². The Bertz CT molecular complexity index is 1210. The molecule has 34 heavy (non-hydrogen) atoms. The predicted molar refractivity (Wildman–Crippen MR) is 127 cm³/mol. The minimum Gasteiger partial charge on any atom is -0.492 e. The summed E-state index contributed by atoms with van der Waals surface area (Å²) in [6.07, 6.45) is 4.43. The smallest absolute Gasteiger partial charge is 0.258 e. The first kappa shape index (κ1) is 25.0. The van der Waals surface area contributed by atoms with Gasteiger partial charge in [-0.05, 0) is 37.6 Å². The van der Waals surface area contributed by atoms with E-state index in [1.54, 1.807) is 13.8 Å². The van der Waals surface area contributed by atoms with Gasteiger partial charge in [0.1, 0.15) is 17.4 Å². The number of nitrogens with zero attached hydrogens (tertiary/aromatic N) is 3. The van der Waals surface area contributed by atoms with Crippen molar-refractivity contribution in [3.8, 4) is 5.75 Å². The summed E-state index contributed by atoms with van der Waals surface area (Å²) in [5.41, 5.74) is 8.15. The van der Waals surface area contributed by atoms with Gasteiger partial charge in [0.15, 0.2) is 0 Å². The molecule has 3 N–H and O–H groups in total. The fourth-order valence-corrected chi connectivity index (χ4v) is 3.31. The standard InChI is InChI=1S/C24H24ClF2N5O2/c1-14(28)23(25)15(2)31-10-17-12-32(13-21(17)29)24(33)20-4-3-18(26)8-22(20)34-6-5-16-7-19(27)11-30-9-16/h3-4,7-11,29H,5-6,12-13,28H2,1-2H3/b17-10+,23-14+,29-21?,31-15-. The summed E-state index contributed by atoms with van der Waals surface area (Å²) in [5.74, 6) is -1.36. The number of likely N-dealkylation sites (tertiary alicyclic amines) is 1. The van der Waals surface area contributed by atoms with E-state index in [9.17, 15) is 13.6 Å². The highest BCUT2D eigenvalue weighted by atomic mass is 35.5. The molecular formula is C24H24ClF2N5O2. The van der Waals surface area contributed by atoms with Crippen LogP contribution in [-0.4, -0.2) is 46.9 Å². The van der Waals surface area contributed by atoms with Crippen LogP contribution in [-0.2, 0) is 6.42 Å². The fourth-order valence-electron chi connectivity index (χ4n) is 3.26. The van der Waals surface area contributed by atoms with Gasteiger partial charge >= 0.3 is 0 Å². The Morgan fingerprint density at radius 3 is 2.74 bits per heavy atom. The molecule has 1 aromatic carbocycles. The van der Waals surface area contributed by atoms with Gasteiger partial charge in [0.25, 0.3) is 5.91 Å². The summed E-state index contributed by atoms with van der Waals surface area (Å²) in [7, 11) is 0. The SMILES string of the molecule is CC(=N/C=C1\CN(C(=O)c2ccc(F)cc2OCCc2cncc(F)c2)CC1=N)/C(Cl)=C(/C)N. The largest absolute Gasteiger partial charge is 0.492 e. The van der Waals surface area contributed by atoms with E-state index < -0.39 is 17.5 Å². The molecule has 0 saturated carbocycles. The normalized spacial score (nSPS) is 16.1. The lowest BCUT2D eigenvalue weighted by atomic mass is 10.1. The molecule has 0 atom stereocenters. The van der Waals surface area contributed by atoms with E-state index in [0.717, 1.165) is 12.3 Å². The molecule has 0 bridgehead atoms. The number of rotatable bonds is 7. The maximum absolute atomic E-state index is 13.9. The van der Waals surface area contributed by atoms with Gasteiger partial charge in [-0.15, -0.1) is 0 Å². The Morgan fingerprint density at radius 1 is 1.26 bits per heavy atom. The summed E-state index contributed by atoms with van der Waals surface area (Å²) < 4.78 is 32.8. The molecule has 1 fully saturated rings. The monoisotopic (exact) mass is 487 g/mol. The van der Waals surface area contributed by atoms with Crippen LogP contribution in [0.5, 0.6) is 5.75 Å². The maximum Gasteiger partial charge on any atom is 0.258 e. The molecule has 178 valence electrons. The van der Waals surface area contributed by atoms with Crippen molar-refractivity contribution in [3.63, 3.8) is 0 Å². The molecule has 1 aromatic heterocycles. The third-order valence-electron chi connectivity index (χ3n) is 5.05. The quantitative estimate of drug-likeness (QED) is 0.570. The van der Waals surface area contributed by atoms with Crippen molar-refractivity contribution in [2.24, 2.45) is 10.7 Å². The number of pyridine rings is 1. The number of aliphatic imine (C=N–C) groups is 1. The van der Waals surface area contributed by atoms with E-state index in [4.69, 9.17) is 27.5 Å². The highest BCUT2D eigenvalue weighted by molar-refractivity contribution is 6.43. The molecule has 2 heterocycles. The average Bonchev–Trinajstić information content (AvgIpc) is 3.17. The van der Waals surface area contributed by atoms with Gasteiger partial charge in [-0.3, -0.25) is 14.8 Å². The number of allylic oxidation sites excluding steroid dienone is 2. The molecule has 7 nitrogen and oxygen atoms in total. The van der Waals surface area contributed by atoms with Crippen molar-refractivity contribution in [2.45, 2.75) is 20.3 Å². The van der Waals surface area contributed by atoms with Crippen molar-refractivity contribution in [1.82, 2.24) is 9.88 Å².